The van der Waals surface area contributed by atoms with Crippen LogP contribution in [-0.2, 0) is 34.2 Å². The van der Waals surface area contributed by atoms with Gasteiger partial charge in [0.05, 0.1) is 5.76 Å². The molecule has 0 aromatic heterocycles. The first-order valence-electron chi connectivity index (χ1n) is 2.41. The molecule has 0 amide bonds. The van der Waals surface area contributed by atoms with Crippen molar-refractivity contribution >= 4 is 5.78 Å². The smallest absolute Gasteiger partial charge is 0 e. The van der Waals surface area contributed by atoms with Crippen LogP contribution in [0.3, 0.4) is 0 Å². The number of allylic oxidation sites excluding steroid dienone is 2. The van der Waals surface area contributed by atoms with Crippen molar-refractivity contribution in [3.63, 3.8) is 0 Å². The minimum atomic E-state index is -0.125. The molecule has 0 unspecified atom stereocenters. The van der Waals surface area contributed by atoms with Gasteiger partial charge in [-0.3, -0.25) is 4.79 Å². The summed E-state index contributed by atoms with van der Waals surface area (Å²) in [5, 5.41) is 8.36. The molecule has 0 heterocycles. The van der Waals surface area contributed by atoms with Gasteiger partial charge in [-0.1, -0.05) is 0 Å². The molecule has 4 nitrogen and oxygen atoms in total. The Kier molecular flexibility index (Phi) is 42.1. The van der Waals surface area contributed by atoms with Crippen LogP contribution in [0.1, 0.15) is 13.8 Å². The zero-order valence-corrected chi connectivity index (χ0v) is 8.98. The van der Waals surface area contributed by atoms with Crippen LogP contribution in [0.2, 0.25) is 0 Å². The maximum Gasteiger partial charge on any atom is 0 e. The van der Waals surface area contributed by atoms with E-state index in [1.807, 2.05) is 0 Å². The summed E-state index contributed by atoms with van der Waals surface area (Å²) in [6, 6.07) is 0. The van der Waals surface area contributed by atoms with Gasteiger partial charge in [0.1, 0.15) is 0 Å². The van der Waals surface area contributed by atoms with Crippen molar-refractivity contribution in [2.75, 3.05) is 0 Å². The van der Waals surface area contributed by atoms with Crippen molar-refractivity contribution in [2.45, 2.75) is 13.8 Å². The third-order valence-corrected chi connectivity index (χ3v) is 0.412. The zero-order chi connectivity index (χ0) is 9.86. The monoisotopic (exact) mass is 349 g/mol. The fraction of sp³-hybridized carbons (Fsp3) is 0.286. The second kappa shape index (κ2) is 22.4. The van der Waals surface area contributed by atoms with Gasteiger partial charge in [-0.25, -0.2) is 0 Å². The number of rotatable bonds is 1. The molecule has 0 saturated heterocycles. The zero-order valence-electron chi connectivity index (χ0n) is 6.58. The molecule has 0 bridgehead atoms. The standard InChI is InChI=1S/C5H8O2.2CO.Ir/c1-4(6)3-5(2)7;2*1-2;/h3,6H,1-2H3;;;/b4-3-;;;. The molecule has 5 heteroatoms. The molecule has 0 aromatic carbocycles. The average molecular weight is 348 g/mol. The second-order valence-corrected chi connectivity index (χ2v) is 1.40. The summed E-state index contributed by atoms with van der Waals surface area (Å²) in [7, 11) is 0. The number of ketones is 1. The predicted molar refractivity (Wildman–Crippen MR) is 34.9 cm³/mol. The van der Waals surface area contributed by atoms with Gasteiger partial charge in [-0.05, 0) is 13.8 Å². The number of aliphatic hydroxyl groups excluding tert-OH is 1. The van der Waals surface area contributed by atoms with Crippen molar-refractivity contribution in [3.8, 4) is 0 Å². The summed E-state index contributed by atoms with van der Waals surface area (Å²) in [6.45, 7) is 11.8. The van der Waals surface area contributed by atoms with E-state index in [0.29, 0.717) is 0 Å². The van der Waals surface area contributed by atoms with Gasteiger partial charge in [0.2, 0.25) is 0 Å². The molecule has 0 aliphatic heterocycles. The largest absolute Gasteiger partial charge is 0 e. The summed E-state index contributed by atoms with van der Waals surface area (Å²) in [4.78, 5) is 10.0. The SMILES string of the molecule is CC(=O)/C=C(/C)O.[C-]#[O+].[C-]#[O+].[Ir]. The van der Waals surface area contributed by atoms with Crippen molar-refractivity contribution in [3.05, 3.63) is 25.1 Å². The molecule has 1 N–H and O–H groups in total. The Morgan fingerprint density at radius 1 is 1.25 bits per heavy atom. The van der Waals surface area contributed by atoms with Crippen LogP contribution in [0.25, 0.3) is 0 Å². The van der Waals surface area contributed by atoms with Crippen LogP contribution in [0.15, 0.2) is 11.8 Å². The second-order valence-electron chi connectivity index (χ2n) is 1.40. The van der Waals surface area contributed by atoms with E-state index in [9.17, 15) is 4.79 Å². The Bertz CT molecular complexity index is 159. The van der Waals surface area contributed by atoms with Crippen LogP contribution >= 0.6 is 0 Å². The van der Waals surface area contributed by atoms with E-state index < -0.39 is 0 Å². The first-order chi connectivity index (χ1) is 5.13. The fourth-order valence-corrected chi connectivity index (χ4v) is 0.294. The molecular formula is C7H8IrO4. The van der Waals surface area contributed by atoms with Crippen LogP contribution in [0.4, 0.5) is 0 Å². The number of carbonyl (C=O) groups excluding carboxylic acids is 1. The maximum atomic E-state index is 10.0. The minimum Gasteiger partial charge on any atom is 0 e. The fourth-order valence-electron chi connectivity index (χ4n) is 0.294. The summed E-state index contributed by atoms with van der Waals surface area (Å²) in [6.07, 6.45) is 1.17. The van der Waals surface area contributed by atoms with Gasteiger partial charge in [0.25, 0.3) is 0 Å². The van der Waals surface area contributed by atoms with Gasteiger partial charge in [-0.15, -0.1) is 0 Å². The van der Waals surface area contributed by atoms with E-state index in [2.05, 4.69) is 13.3 Å². The Morgan fingerprint density at radius 3 is 1.50 bits per heavy atom. The first-order valence-corrected chi connectivity index (χ1v) is 2.41. The summed E-state index contributed by atoms with van der Waals surface area (Å²) in [5.41, 5.74) is 0. The number of hydrogen-bond acceptors (Lipinski definition) is 2. The summed E-state index contributed by atoms with van der Waals surface area (Å²) < 4.78 is 15.0. The Balaban J connectivity index is -0.0000000560. The molecular weight excluding hydrogens is 340 g/mol. The van der Waals surface area contributed by atoms with E-state index in [1.54, 1.807) is 0 Å². The molecule has 0 aliphatic carbocycles. The molecule has 0 fully saturated rings. The minimum absolute atomic E-state index is 0. The molecule has 0 aromatic rings. The molecule has 1 radical (unpaired) electrons. The van der Waals surface area contributed by atoms with Crippen molar-refractivity contribution < 1.29 is 39.3 Å². The van der Waals surface area contributed by atoms with Crippen molar-refractivity contribution in [1.29, 1.82) is 0 Å². The summed E-state index contributed by atoms with van der Waals surface area (Å²) in [5.74, 6) is -0.0625. The number of carbonyl (C=O) groups is 1. The quantitative estimate of drug-likeness (QED) is 0.332. The first kappa shape index (κ1) is 22.5. The van der Waals surface area contributed by atoms with Crippen LogP contribution in [0, 0.1) is 13.3 Å². The third-order valence-electron chi connectivity index (χ3n) is 0.412. The van der Waals surface area contributed by atoms with E-state index in [1.165, 1.54) is 19.9 Å². The summed E-state index contributed by atoms with van der Waals surface area (Å²) >= 11 is 0. The Hall–Kier alpha value is -0.661. The topological polar surface area (TPSA) is 77.1 Å². The van der Waals surface area contributed by atoms with Crippen molar-refractivity contribution in [1.82, 2.24) is 0 Å². The third kappa shape index (κ3) is 58.2. The molecule has 0 saturated carbocycles. The number of hydrogen-bond donors (Lipinski definition) is 1. The number of aliphatic hydroxyl groups is 1. The molecule has 0 atom stereocenters. The van der Waals surface area contributed by atoms with Crippen LogP contribution in [0.5, 0.6) is 0 Å². The molecule has 69 valence electrons. The molecule has 12 heavy (non-hydrogen) atoms. The van der Waals surface area contributed by atoms with Gasteiger partial charge >= 0.3 is 22.6 Å². The van der Waals surface area contributed by atoms with E-state index in [-0.39, 0.29) is 31.6 Å². The van der Waals surface area contributed by atoms with Gasteiger partial charge in [0.15, 0.2) is 5.78 Å². The predicted octanol–water partition coefficient (Wildman–Crippen LogP) is 0.960. The van der Waals surface area contributed by atoms with Gasteiger partial charge < -0.3 is 5.11 Å². The van der Waals surface area contributed by atoms with E-state index >= 15 is 0 Å². The van der Waals surface area contributed by atoms with Crippen molar-refractivity contribution in [2.24, 2.45) is 0 Å². The van der Waals surface area contributed by atoms with Crippen LogP contribution in [-0.4, -0.2) is 10.9 Å². The molecule has 0 spiro atoms. The normalized spacial score (nSPS) is 7.00. The van der Waals surface area contributed by atoms with Crippen LogP contribution < -0.4 is 0 Å². The molecule has 0 aliphatic rings. The average Bonchev–Trinajstić information content (AvgIpc) is 1.93. The van der Waals surface area contributed by atoms with Gasteiger partial charge in [0, 0.05) is 26.2 Å². The van der Waals surface area contributed by atoms with E-state index in [4.69, 9.17) is 14.4 Å². The van der Waals surface area contributed by atoms with E-state index in [0.717, 1.165) is 0 Å². The molecule has 0 rings (SSSR count). The maximum absolute atomic E-state index is 10.0. The Labute approximate surface area is 84.4 Å². The Morgan fingerprint density at radius 2 is 1.50 bits per heavy atom. The van der Waals surface area contributed by atoms with Gasteiger partial charge in [-0.2, -0.15) is 0 Å².